The molecule has 16 heavy (non-hydrogen) atoms. The first-order valence-electron chi connectivity index (χ1n) is 4.68. The number of benzene rings is 1. The van der Waals surface area contributed by atoms with Crippen LogP contribution in [0.1, 0.15) is 17.3 Å². The van der Waals surface area contributed by atoms with E-state index >= 15 is 0 Å². The highest BCUT2D eigenvalue weighted by atomic mass is 79.9. The van der Waals surface area contributed by atoms with Crippen LogP contribution in [-0.2, 0) is 9.53 Å². The Kier molecular flexibility index (Phi) is 4.49. The molecule has 0 saturated carbocycles. The molecule has 0 saturated heterocycles. The molecule has 0 heterocycles. The Bertz CT molecular complexity index is 404. The van der Waals surface area contributed by atoms with Gasteiger partial charge in [0.15, 0.2) is 0 Å². The van der Waals surface area contributed by atoms with Gasteiger partial charge >= 0.3 is 5.97 Å². The Balaban J connectivity index is 2.95. The summed E-state index contributed by atoms with van der Waals surface area (Å²) in [5.74, 6) is -0.686. The Labute approximate surface area is 102 Å². The molecule has 0 aliphatic carbocycles. The number of hydrogen-bond acceptors (Lipinski definition) is 3. The summed E-state index contributed by atoms with van der Waals surface area (Å²) in [7, 11) is 1.30. The fourth-order valence-electron chi connectivity index (χ4n) is 1.11. The lowest BCUT2D eigenvalue weighted by Crippen LogP contribution is -2.21. The number of ether oxygens (including phenoxy) is 1. The highest BCUT2D eigenvalue weighted by molar-refractivity contribution is 9.10. The molecule has 1 aromatic rings. The lowest BCUT2D eigenvalue weighted by molar-refractivity contribution is -0.115. The van der Waals surface area contributed by atoms with E-state index in [0.29, 0.717) is 11.3 Å². The minimum Gasteiger partial charge on any atom is -0.465 e. The largest absolute Gasteiger partial charge is 0.465 e. The van der Waals surface area contributed by atoms with Crippen LogP contribution in [0.3, 0.4) is 0 Å². The first kappa shape index (κ1) is 12.7. The van der Waals surface area contributed by atoms with E-state index in [-0.39, 0.29) is 10.7 Å². The van der Waals surface area contributed by atoms with Crippen LogP contribution in [0, 0.1) is 0 Å². The van der Waals surface area contributed by atoms with Gasteiger partial charge in [0.2, 0.25) is 5.91 Å². The molecule has 0 aromatic heterocycles. The minimum atomic E-state index is -0.474. The van der Waals surface area contributed by atoms with Crippen LogP contribution in [0.4, 0.5) is 5.69 Å². The van der Waals surface area contributed by atoms with Crippen LogP contribution in [0.5, 0.6) is 0 Å². The fourth-order valence-corrected chi connectivity index (χ4v) is 1.23. The van der Waals surface area contributed by atoms with Gasteiger partial charge in [0, 0.05) is 0 Å². The number of methoxy groups -OCH3 is 1. The number of hydrogen-bond donors (Lipinski definition) is 1. The molecule has 0 aliphatic heterocycles. The van der Waals surface area contributed by atoms with E-state index in [1.54, 1.807) is 31.2 Å². The van der Waals surface area contributed by atoms with Crippen molar-refractivity contribution in [3.05, 3.63) is 29.8 Å². The molecule has 1 rings (SSSR count). The van der Waals surface area contributed by atoms with Crippen LogP contribution >= 0.6 is 15.9 Å². The zero-order valence-corrected chi connectivity index (χ0v) is 10.6. The van der Waals surface area contributed by atoms with Crippen molar-refractivity contribution in [2.45, 2.75) is 11.8 Å². The van der Waals surface area contributed by atoms with Crippen LogP contribution < -0.4 is 5.32 Å². The predicted octanol–water partition coefficient (Wildman–Crippen LogP) is 2.20. The summed E-state index contributed by atoms with van der Waals surface area (Å²) in [6.45, 7) is 1.70. The summed E-state index contributed by atoms with van der Waals surface area (Å²) in [6, 6.07) is 6.69. The number of para-hydroxylation sites is 1. The van der Waals surface area contributed by atoms with Gasteiger partial charge < -0.3 is 10.1 Å². The molecule has 0 aliphatic rings. The van der Waals surface area contributed by atoms with Gasteiger partial charge in [-0.3, -0.25) is 4.79 Å². The van der Waals surface area contributed by atoms with Gasteiger partial charge in [0.25, 0.3) is 0 Å². The number of carbonyl (C=O) groups is 2. The van der Waals surface area contributed by atoms with Gasteiger partial charge in [-0.25, -0.2) is 4.79 Å². The molecule has 1 aromatic carbocycles. The average molecular weight is 286 g/mol. The van der Waals surface area contributed by atoms with Gasteiger partial charge in [-0.15, -0.1) is 0 Å². The summed E-state index contributed by atoms with van der Waals surface area (Å²) in [6.07, 6.45) is 0. The highest BCUT2D eigenvalue weighted by Gasteiger charge is 2.15. The van der Waals surface area contributed by atoms with Gasteiger partial charge in [0.1, 0.15) is 0 Å². The van der Waals surface area contributed by atoms with E-state index in [0.717, 1.165) is 0 Å². The Hall–Kier alpha value is -1.36. The molecule has 1 N–H and O–H groups in total. The maximum atomic E-state index is 11.5. The Morgan fingerprint density at radius 2 is 2.00 bits per heavy atom. The van der Waals surface area contributed by atoms with Crippen molar-refractivity contribution < 1.29 is 14.3 Å². The normalized spacial score (nSPS) is 11.7. The van der Waals surface area contributed by atoms with Crippen LogP contribution in [-0.4, -0.2) is 23.8 Å². The first-order valence-corrected chi connectivity index (χ1v) is 5.60. The molecular weight excluding hydrogens is 274 g/mol. The second-order valence-corrected chi connectivity index (χ2v) is 4.52. The van der Waals surface area contributed by atoms with Crippen LogP contribution in [0.15, 0.2) is 24.3 Å². The zero-order chi connectivity index (χ0) is 12.1. The maximum Gasteiger partial charge on any atom is 0.339 e. The number of esters is 1. The van der Waals surface area contributed by atoms with Crippen LogP contribution in [0.25, 0.3) is 0 Å². The van der Waals surface area contributed by atoms with E-state index < -0.39 is 5.97 Å². The van der Waals surface area contributed by atoms with Crippen molar-refractivity contribution in [2.24, 2.45) is 0 Å². The van der Waals surface area contributed by atoms with Crippen molar-refractivity contribution in [1.29, 1.82) is 0 Å². The number of halogens is 1. The molecule has 1 unspecified atom stereocenters. The summed E-state index contributed by atoms with van der Waals surface area (Å²) in [4.78, 5) is 22.5. The van der Waals surface area contributed by atoms with E-state index in [9.17, 15) is 9.59 Å². The standard InChI is InChI=1S/C11H12BrNO3/c1-7(12)10(14)13-9-6-4-3-5-8(9)11(15)16-2/h3-7H,1-2H3,(H,13,14). The third-order valence-corrected chi connectivity index (χ3v) is 2.37. The van der Waals surface area contributed by atoms with Crippen molar-refractivity contribution >= 4 is 33.5 Å². The molecule has 0 spiro atoms. The van der Waals surface area contributed by atoms with Crippen LogP contribution in [0.2, 0.25) is 0 Å². The number of rotatable bonds is 3. The monoisotopic (exact) mass is 285 g/mol. The molecule has 86 valence electrons. The summed E-state index contributed by atoms with van der Waals surface area (Å²) in [5.41, 5.74) is 0.789. The molecule has 4 nitrogen and oxygen atoms in total. The molecule has 5 heteroatoms. The van der Waals surface area contributed by atoms with Crippen molar-refractivity contribution in [3.8, 4) is 0 Å². The summed E-state index contributed by atoms with van der Waals surface area (Å²) in [5, 5.41) is 2.64. The van der Waals surface area contributed by atoms with Crippen molar-refractivity contribution in [3.63, 3.8) is 0 Å². The zero-order valence-electron chi connectivity index (χ0n) is 8.99. The van der Waals surface area contributed by atoms with Crippen molar-refractivity contribution in [2.75, 3.05) is 12.4 Å². The maximum absolute atomic E-state index is 11.5. The van der Waals surface area contributed by atoms with E-state index in [4.69, 9.17) is 0 Å². The fraction of sp³-hybridized carbons (Fsp3) is 0.273. The molecule has 0 radical (unpaired) electrons. The predicted molar refractivity (Wildman–Crippen MR) is 64.8 cm³/mol. The Morgan fingerprint density at radius 1 is 1.38 bits per heavy atom. The summed E-state index contributed by atoms with van der Waals surface area (Å²) >= 11 is 3.15. The lowest BCUT2D eigenvalue weighted by Gasteiger charge is -2.10. The van der Waals surface area contributed by atoms with Gasteiger partial charge in [0.05, 0.1) is 23.2 Å². The number of nitrogens with one attached hydrogen (secondary N) is 1. The smallest absolute Gasteiger partial charge is 0.339 e. The number of amides is 1. The average Bonchev–Trinajstić information content (AvgIpc) is 2.28. The molecule has 1 atom stereocenters. The quantitative estimate of drug-likeness (QED) is 0.684. The molecular formula is C11H12BrNO3. The lowest BCUT2D eigenvalue weighted by atomic mass is 10.2. The van der Waals surface area contributed by atoms with Gasteiger partial charge in [-0.1, -0.05) is 28.1 Å². The van der Waals surface area contributed by atoms with E-state index in [2.05, 4.69) is 26.0 Å². The molecule has 1 amide bonds. The number of carbonyl (C=O) groups excluding carboxylic acids is 2. The highest BCUT2D eigenvalue weighted by Crippen LogP contribution is 2.16. The van der Waals surface area contributed by atoms with E-state index in [1.165, 1.54) is 7.11 Å². The molecule has 0 bridgehead atoms. The number of anilines is 1. The summed E-state index contributed by atoms with van der Waals surface area (Å²) < 4.78 is 4.62. The Morgan fingerprint density at radius 3 is 2.56 bits per heavy atom. The minimum absolute atomic E-state index is 0.212. The third kappa shape index (κ3) is 3.06. The topological polar surface area (TPSA) is 55.4 Å². The third-order valence-electron chi connectivity index (χ3n) is 1.95. The second kappa shape index (κ2) is 5.65. The second-order valence-electron chi connectivity index (χ2n) is 3.14. The SMILES string of the molecule is COC(=O)c1ccccc1NC(=O)C(C)Br. The first-order chi connectivity index (χ1) is 7.56. The van der Waals surface area contributed by atoms with Gasteiger partial charge in [-0.05, 0) is 19.1 Å². The molecule has 0 fully saturated rings. The van der Waals surface area contributed by atoms with Gasteiger partial charge in [-0.2, -0.15) is 0 Å². The van der Waals surface area contributed by atoms with Crippen molar-refractivity contribution in [1.82, 2.24) is 0 Å². The van der Waals surface area contributed by atoms with E-state index in [1.807, 2.05) is 0 Å². The number of alkyl halides is 1.